The molecule has 1 aliphatic carbocycles. The number of rotatable bonds is 6. The summed E-state index contributed by atoms with van der Waals surface area (Å²) in [6, 6.07) is 12.4. The van der Waals surface area contributed by atoms with Crippen LogP contribution in [0.1, 0.15) is 30.4 Å². The van der Waals surface area contributed by atoms with Crippen LogP contribution in [-0.2, 0) is 16.2 Å². The van der Waals surface area contributed by atoms with Gasteiger partial charge in [0.1, 0.15) is 11.6 Å². The summed E-state index contributed by atoms with van der Waals surface area (Å²) in [5.41, 5.74) is 2.24. The van der Waals surface area contributed by atoms with Crippen LogP contribution in [0.5, 0.6) is 0 Å². The predicted molar refractivity (Wildman–Crippen MR) is 97.0 cm³/mol. The number of halogens is 2. The second-order valence-electron chi connectivity index (χ2n) is 7.10. The molecule has 1 aliphatic heterocycles. The van der Waals surface area contributed by atoms with Crippen molar-refractivity contribution in [3.8, 4) is 0 Å². The first-order valence-corrected chi connectivity index (χ1v) is 9.10. The number of oxime groups is 1. The predicted octanol–water partition coefficient (Wildman–Crippen LogP) is 3.90. The summed E-state index contributed by atoms with van der Waals surface area (Å²) in [5, 5.41) is 4.08. The summed E-state index contributed by atoms with van der Waals surface area (Å²) in [5.74, 6) is -0.441. The first-order valence-electron chi connectivity index (χ1n) is 9.10. The first kappa shape index (κ1) is 17.6. The van der Waals surface area contributed by atoms with Gasteiger partial charge in [-0.2, -0.15) is 0 Å². The molecule has 0 spiro atoms. The van der Waals surface area contributed by atoms with Crippen molar-refractivity contribution in [1.82, 2.24) is 4.90 Å². The zero-order valence-corrected chi connectivity index (χ0v) is 14.8. The molecule has 1 saturated carbocycles. The molecular formula is C21H20F2N2O2. The molecule has 1 unspecified atom stereocenters. The van der Waals surface area contributed by atoms with Crippen molar-refractivity contribution in [1.29, 1.82) is 0 Å². The molecule has 0 radical (unpaired) electrons. The summed E-state index contributed by atoms with van der Waals surface area (Å²) in [6.07, 6.45) is 2.07. The van der Waals surface area contributed by atoms with Crippen LogP contribution in [0.25, 0.3) is 0 Å². The first-order chi connectivity index (χ1) is 13.1. The summed E-state index contributed by atoms with van der Waals surface area (Å²) in [4.78, 5) is 19.9. The standard InChI is InChI=1S/C21H20F2N2O2/c22-17-8-4-14(5-9-17)12-25(21(26)15-6-7-15)13-19-11-20(24-27-19)16-2-1-3-18(23)10-16/h1-5,8-10,15,19H,6-7,11-13H2. The van der Waals surface area contributed by atoms with Crippen LogP contribution in [-0.4, -0.2) is 29.2 Å². The molecule has 0 aromatic heterocycles. The minimum Gasteiger partial charge on any atom is -0.390 e. The fourth-order valence-electron chi connectivity index (χ4n) is 3.24. The molecule has 1 atom stereocenters. The number of benzene rings is 2. The van der Waals surface area contributed by atoms with Gasteiger partial charge in [-0.25, -0.2) is 8.78 Å². The van der Waals surface area contributed by atoms with Gasteiger partial charge in [-0.1, -0.05) is 29.4 Å². The average Bonchev–Trinajstić information content (AvgIpc) is 3.41. The molecule has 0 N–H and O–H groups in total. The SMILES string of the molecule is O=C(C1CC1)N(Cc1ccc(F)cc1)CC1CC(c2cccc(F)c2)=NO1. The molecule has 0 bridgehead atoms. The number of carbonyl (C=O) groups excluding carboxylic acids is 1. The third-order valence-corrected chi connectivity index (χ3v) is 4.84. The number of hydrogen-bond acceptors (Lipinski definition) is 3. The van der Waals surface area contributed by atoms with Crippen molar-refractivity contribution >= 4 is 11.6 Å². The highest BCUT2D eigenvalue weighted by Gasteiger charge is 2.35. The Kier molecular flexibility index (Phi) is 4.88. The van der Waals surface area contributed by atoms with E-state index in [-0.39, 0.29) is 29.6 Å². The molecule has 2 aliphatic rings. The van der Waals surface area contributed by atoms with Gasteiger partial charge in [0.25, 0.3) is 0 Å². The fraction of sp³-hybridized carbons (Fsp3) is 0.333. The number of hydrogen-bond donors (Lipinski definition) is 0. The molecule has 1 fully saturated rings. The molecule has 1 heterocycles. The van der Waals surface area contributed by atoms with E-state index in [4.69, 9.17) is 4.84 Å². The lowest BCUT2D eigenvalue weighted by Crippen LogP contribution is -2.38. The van der Waals surface area contributed by atoms with Gasteiger partial charge in [0.15, 0.2) is 6.10 Å². The Bertz CT molecular complexity index is 863. The van der Waals surface area contributed by atoms with Crippen molar-refractivity contribution in [3.05, 3.63) is 71.3 Å². The van der Waals surface area contributed by atoms with Crippen molar-refractivity contribution in [2.24, 2.45) is 11.1 Å². The molecule has 0 saturated heterocycles. The van der Waals surface area contributed by atoms with E-state index in [0.29, 0.717) is 30.8 Å². The van der Waals surface area contributed by atoms with Crippen LogP contribution in [0.3, 0.4) is 0 Å². The van der Waals surface area contributed by atoms with Crippen molar-refractivity contribution in [2.75, 3.05) is 6.54 Å². The number of carbonyl (C=O) groups is 1. The van der Waals surface area contributed by atoms with Gasteiger partial charge >= 0.3 is 0 Å². The van der Waals surface area contributed by atoms with Crippen LogP contribution >= 0.6 is 0 Å². The highest BCUT2D eigenvalue weighted by molar-refractivity contribution is 6.01. The summed E-state index contributed by atoms with van der Waals surface area (Å²) in [7, 11) is 0. The largest absolute Gasteiger partial charge is 0.390 e. The Morgan fingerprint density at radius 3 is 2.59 bits per heavy atom. The Morgan fingerprint density at radius 1 is 1.11 bits per heavy atom. The number of amides is 1. The third kappa shape index (κ3) is 4.32. The van der Waals surface area contributed by atoms with E-state index >= 15 is 0 Å². The van der Waals surface area contributed by atoms with Crippen molar-refractivity contribution in [2.45, 2.75) is 31.9 Å². The lowest BCUT2D eigenvalue weighted by atomic mass is 10.0. The molecule has 2 aromatic rings. The van der Waals surface area contributed by atoms with E-state index in [1.165, 1.54) is 24.3 Å². The summed E-state index contributed by atoms with van der Waals surface area (Å²) in [6.45, 7) is 0.805. The van der Waals surface area contributed by atoms with Crippen LogP contribution in [0.2, 0.25) is 0 Å². The topological polar surface area (TPSA) is 41.9 Å². The molecule has 140 valence electrons. The third-order valence-electron chi connectivity index (χ3n) is 4.84. The monoisotopic (exact) mass is 370 g/mol. The molecule has 2 aromatic carbocycles. The van der Waals surface area contributed by atoms with Gasteiger partial charge in [-0.3, -0.25) is 4.79 Å². The van der Waals surface area contributed by atoms with Crippen LogP contribution in [0.15, 0.2) is 53.7 Å². The highest BCUT2D eigenvalue weighted by Crippen LogP contribution is 2.32. The van der Waals surface area contributed by atoms with Gasteiger partial charge in [0.2, 0.25) is 5.91 Å². The van der Waals surface area contributed by atoms with Crippen molar-refractivity contribution < 1.29 is 18.4 Å². The zero-order chi connectivity index (χ0) is 18.8. The minimum absolute atomic E-state index is 0.0791. The van der Waals surface area contributed by atoms with Gasteiger partial charge in [0, 0.05) is 24.4 Å². The van der Waals surface area contributed by atoms with E-state index < -0.39 is 0 Å². The summed E-state index contributed by atoms with van der Waals surface area (Å²) >= 11 is 0. The second-order valence-corrected chi connectivity index (χ2v) is 7.10. The van der Waals surface area contributed by atoms with E-state index in [0.717, 1.165) is 18.4 Å². The Hall–Kier alpha value is -2.76. The van der Waals surface area contributed by atoms with Crippen molar-refractivity contribution in [3.63, 3.8) is 0 Å². The molecular weight excluding hydrogens is 350 g/mol. The quantitative estimate of drug-likeness (QED) is 0.774. The molecule has 1 amide bonds. The second kappa shape index (κ2) is 7.47. The van der Waals surface area contributed by atoms with Crippen LogP contribution < -0.4 is 0 Å². The summed E-state index contributed by atoms with van der Waals surface area (Å²) < 4.78 is 26.6. The lowest BCUT2D eigenvalue weighted by molar-refractivity contribution is -0.135. The Morgan fingerprint density at radius 2 is 1.89 bits per heavy atom. The lowest BCUT2D eigenvalue weighted by Gasteiger charge is -2.25. The molecule has 4 nitrogen and oxygen atoms in total. The highest BCUT2D eigenvalue weighted by atomic mass is 19.1. The van der Waals surface area contributed by atoms with Gasteiger partial charge in [0.05, 0.1) is 12.3 Å². The molecule has 6 heteroatoms. The maximum atomic E-state index is 13.4. The maximum absolute atomic E-state index is 13.4. The van der Waals surface area contributed by atoms with Crippen LogP contribution in [0, 0.1) is 17.6 Å². The Balaban J connectivity index is 1.43. The Labute approximate surface area is 156 Å². The molecule has 27 heavy (non-hydrogen) atoms. The molecule has 4 rings (SSSR count). The van der Waals surface area contributed by atoms with E-state index in [1.54, 1.807) is 29.2 Å². The number of nitrogens with zero attached hydrogens (tertiary/aromatic N) is 2. The van der Waals surface area contributed by atoms with Gasteiger partial charge < -0.3 is 9.74 Å². The average molecular weight is 370 g/mol. The van der Waals surface area contributed by atoms with E-state index in [1.807, 2.05) is 0 Å². The van der Waals surface area contributed by atoms with E-state index in [2.05, 4.69) is 5.16 Å². The normalized spacial score (nSPS) is 18.7. The minimum atomic E-state index is -0.319. The maximum Gasteiger partial charge on any atom is 0.226 e. The van der Waals surface area contributed by atoms with Crippen LogP contribution in [0.4, 0.5) is 8.78 Å². The fourth-order valence-corrected chi connectivity index (χ4v) is 3.24. The van der Waals surface area contributed by atoms with E-state index in [9.17, 15) is 13.6 Å². The van der Waals surface area contributed by atoms with Gasteiger partial charge in [-0.15, -0.1) is 0 Å². The zero-order valence-electron chi connectivity index (χ0n) is 14.8. The smallest absolute Gasteiger partial charge is 0.226 e. The van der Waals surface area contributed by atoms with Gasteiger partial charge in [-0.05, 0) is 42.7 Å².